The quantitative estimate of drug-likeness (QED) is 0.664. The van der Waals surface area contributed by atoms with E-state index >= 15 is 0 Å². The Kier molecular flexibility index (Phi) is 3.98. The van der Waals surface area contributed by atoms with Gasteiger partial charge in [-0.15, -0.1) is 0 Å². The van der Waals surface area contributed by atoms with Crippen LogP contribution in [0.25, 0.3) is 0 Å². The molecule has 0 aromatic carbocycles. The monoisotopic (exact) mass is 227 g/mol. The average molecular weight is 227 g/mol. The van der Waals surface area contributed by atoms with Gasteiger partial charge in [0.25, 0.3) is 0 Å². The Morgan fingerprint density at radius 1 is 1.27 bits per heavy atom. The number of amides is 1. The molecule has 15 heavy (non-hydrogen) atoms. The molecule has 0 radical (unpaired) electrons. The van der Waals surface area contributed by atoms with E-state index in [2.05, 4.69) is 19.6 Å². The Morgan fingerprint density at radius 3 is 2.33 bits per heavy atom. The van der Waals surface area contributed by atoms with Crippen molar-refractivity contribution in [3.63, 3.8) is 0 Å². The Labute approximate surface area is 95.1 Å². The van der Waals surface area contributed by atoms with Gasteiger partial charge >= 0.3 is 0 Å². The third-order valence-corrected chi connectivity index (χ3v) is 6.89. The average Bonchev–Trinajstić information content (AvgIpc) is 2.15. The minimum absolute atomic E-state index is 0.219. The maximum atomic E-state index is 11.3. The summed E-state index contributed by atoms with van der Waals surface area (Å²) in [5, 5.41) is 0. The summed E-state index contributed by atoms with van der Waals surface area (Å²) in [5.74, 6) is 0.219. The molecule has 1 amide bonds. The molecule has 0 heterocycles. The van der Waals surface area contributed by atoms with Crippen molar-refractivity contribution in [2.45, 2.75) is 63.8 Å². The van der Waals surface area contributed by atoms with Gasteiger partial charge in [0.05, 0.1) is 0 Å². The Morgan fingerprint density at radius 2 is 1.87 bits per heavy atom. The maximum Gasteiger partial charge on any atom is 0.219 e. The van der Waals surface area contributed by atoms with Crippen LogP contribution < -0.4 is 0 Å². The van der Waals surface area contributed by atoms with Crippen LogP contribution in [0.2, 0.25) is 25.2 Å². The molecule has 1 saturated carbocycles. The summed E-state index contributed by atoms with van der Waals surface area (Å²) >= 11 is 0. The largest absolute Gasteiger partial charge is 0.343 e. The smallest absolute Gasteiger partial charge is 0.219 e. The summed E-state index contributed by atoms with van der Waals surface area (Å²) in [5.41, 5.74) is 0.901. The third-order valence-electron chi connectivity index (χ3n) is 3.92. The molecule has 2 atom stereocenters. The van der Waals surface area contributed by atoms with Gasteiger partial charge in [0.2, 0.25) is 5.91 Å². The van der Waals surface area contributed by atoms with Gasteiger partial charge in [-0.25, -0.2) is 0 Å². The minimum Gasteiger partial charge on any atom is -0.343 e. The second kappa shape index (κ2) is 4.68. The highest BCUT2D eigenvalue weighted by Crippen LogP contribution is 2.38. The van der Waals surface area contributed by atoms with Crippen LogP contribution in [0.4, 0.5) is 0 Å². The highest BCUT2D eigenvalue weighted by atomic mass is 28.3. The molecule has 2 unspecified atom stereocenters. The third kappa shape index (κ3) is 3.33. The van der Waals surface area contributed by atoms with Crippen LogP contribution in [-0.2, 0) is 4.79 Å². The summed E-state index contributed by atoms with van der Waals surface area (Å²) in [7, 11) is 0.941. The number of hydrogen-bond donors (Lipinski definition) is 0. The van der Waals surface area contributed by atoms with Crippen LogP contribution in [-0.4, -0.2) is 32.0 Å². The Bertz CT molecular complexity index is 234. The van der Waals surface area contributed by atoms with Crippen molar-refractivity contribution in [3.8, 4) is 0 Å². The first-order chi connectivity index (χ1) is 6.82. The van der Waals surface area contributed by atoms with Crippen molar-refractivity contribution in [1.82, 2.24) is 4.90 Å². The Hall–Kier alpha value is -0.313. The molecule has 0 aromatic rings. The molecule has 0 bridgehead atoms. The molecule has 0 aliphatic heterocycles. The van der Waals surface area contributed by atoms with E-state index < -0.39 is 8.07 Å². The van der Waals surface area contributed by atoms with E-state index in [1.54, 1.807) is 6.92 Å². The van der Waals surface area contributed by atoms with E-state index in [4.69, 9.17) is 0 Å². The van der Waals surface area contributed by atoms with Gasteiger partial charge < -0.3 is 4.90 Å². The van der Waals surface area contributed by atoms with E-state index in [1.807, 2.05) is 11.9 Å². The van der Waals surface area contributed by atoms with Gasteiger partial charge in [-0.3, -0.25) is 4.79 Å². The van der Waals surface area contributed by atoms with Gasteiger partial charge in [0.15, 0.2) is 0 Å². The number of rotatable bonds is 2. The summed E-state index contributed by atoms with van der Waals surface area (Å²) in [6.45, 7) is 9.04. The number of nitrogens with zero attached hydrogens (tertiary/aromatic N) is 1. The molecule has 0 N–H and O–H groups in total. The molecule has 0 spiro atoms. The van der Waals surface area contributed by atoms with E-state index in [-0.39, 0.29) is 5.91 Å². The topological polar surface area (TPSA) is 20.3 Å². The molecule has 1 rings (SSSR count). The zero-order valence-corrected chi connectivity index (χ0v) is 11.8. The first-order valence-corrected chi connectivity index (χ1v) is 9.63. The van der Waals surface area contributed by atoms with Crippen molar-refractivity contribution < 1.29 is 4.79 Å². The zero-order chi connectivity index (χ0) is 11.6. The predicted octanol–water partition coefficient (Wildman–Crippen LogP) is 3.12. The van der Waals surface area contributed by atoms with Crippen LogP contribution in [0.1, 0.15) is 32.6 Å². The molecule has 1 fully saturated rings. The van der Waals surface area contributed by atoms with Crippen molar-refractivity contribution in [2.24, 2.45) is 0 Å². The summed E-state index contributed by atoms with van der Waals surface area (Å²) in [4.78, 5) is 13.3. The van der Waals surface area contributed by atoms with Crippen LogP contribution in [0.5, 0.6) is 0 Å². The van der Waals surface area contributed by atoms with Crippen LogP contribution in [0.3, 0.4) is 0 Å². The van der Waals surface area contributed by atoms with E-state index in [0.717, 1.165) is 5.54 Å². The number of carbonyl (C=O) groups is 1. The van der Waals surface area contributed by atoms with Crippen LogP contribution >= 0.6 is 0 Å². The van der Waals surface area contributed by atoms with Gasteiger partial charge in [-0.2, -0.15) is 0 Å². The zero-order valence-electron chi connectivity index (χ0n) is 10.8. The molecular formula is C12H25NOSi. The van der Waals surface area contributed by atoms with Crippen molar-refractivity contribution in [3.05, 3.63) is 0 Å². The number of carbonyl (C=O) groups excluding carboxylic acids is 1. The second-order valence-corrected chi connectivity index (χ2v) is 11.6. The fourth-order valence-corrected chi connectivity index (χ4v) is 4.61. The summed E-state index contributed by atoms with van der Waals surface area (Å²) in [6.07, 6.45) is 5.14. The number of hydrogen-bond acceptors (Lipinski definition) is 1. The molecule has 0 saturated heterocycles. The summed E-state index contributed by atoms with van der Waals surface area (Å²) in [6, 6.07) is 0.507. The van der Waals surface area contributed by atoms with Gasteiger partial charge in [-0.05, 0) is 18.4 Å². The SMILES string of the molecule is CC(=O)N(C)C1CCCC([Si](C)(C)C)C1. The molecule has 88 valence electrons. The fraction of sp³-hybridized carbons (Fsp3) is 0.917. The van der Waals surface area contributed by atoms with Gasteiger partial charge in [-0.1, -0.05) is 32.5 Å². The van der Waals surface area contributed by atoms with Crippen molar-refractivity contribution >= 4 is 14.0 Å². The van der Waals surface area contributed by atoms with Crippen molar-refractivity contribution in [1.29, 1.82) is 0 Å². The molecule has 0 aromatic heterocycles. The standard InChI is InChI=1S/C12H25NOSi/c1-10(14)13(2)11-7-6-8-12(9-11)15(3,4)5/h11-12H,6-9H2,1-5H3. The van der Waals surface area contributed by atoms with E-state index in [9.17, 15) is 4.79 Å². The van der Waals surface area contributed by atoms with Gasteiger partial charge in [0, 0.05) is 28.1 Å². The van der Waals surface area contributed by atoms with Crippen molar-refractivity contribution in [2.75, 3.05) is 7.05 Å². The normalized spacial score (nSPS) is 27.5. The lowest BCUT2D eigenvalue weighted by Gasteiger charge is -2.39. The van der Waals surface area contributed by atoms with E-state index in [0.29, 0.717) is 6.04 Å². The van der Waals surface area contributed by atoms with Gasteiger partial charge in [0.1, 0.15) is 0 Å². The lowest BCUT2D eigenvalue weighted by Crippen LogP contribution is -2.42. The molecule has 1 aliphatic carbocycles. The fourth-order valence-electron chi connectivity index (χ4n) is 2.56. The van der Waals surface area contributed by atoms with Crippen LogP contribution in [0.15, 0.2) is 0 Å². The second-order valence-electron chi connectivity index (χ2n) is 6.01. The predicted molar refractivity (Wildman–Crippen MR) is 67.8 cm³/mol. The maximum absolute atomic E-state index is 11.3. The lowest BCUT2D eigenvalue weighted by atomic mass is 9.94. The molecule has 2 nitrogen and oxygen atoms in total. The molecular weight excluding hydrogens is 202 g/mol. The lowest BCUT2D eigenvalue weighted by molar-refractivity contribution is -0.130. The van der Waals surface area contributed by atoms with Crippen LogP contribution in [0, 0.1) is 0 Å². The minimum atomic E-state index is -1.02. The molecule has 1 aliphatic rings. The first-order valence-electron chi connectivity index (χ1n) is 6.05. The highest BCUT2D eigenvalue weighted by molar-refractivity contribution is 6.77. The summed E-state index contributed by atoms with van der Waals surface area (Å²) < 4.78 is 0. The highest BCUT2D eigenvalue weighted by Gasteiger charge is 2.33. The molecule has 3 heteroatoms. The first kappa shape index (κ1) is 12.8. The Balaban J connectivity index is 2.60. The van der Waals surface area contributed by atoms with E-state index in [1.165, 1.54) is 25.7 Å².